The lowest BCUT2D eigenvalue weighted by Crippen LogP contribution is -2.13. The number of nitrogens with one attached hydrogen (secondary N) is 1. The average molecular weight is 268 g/mol. The average Bonchev–Trinajstić information content (AvgIpc) is 2.41. The van der Waals surface area contributed by atoms with Gasteiger partial charge >= 0.3 is 5.97 Å². The van der Waals surface area contributed by atoms with Crippen LogP contribution in [-0.4, -0.2) is 17.6 Å². The fourth-order valence-electron chi connectivity index (χ4n) is 1.28. The minimum Gasteiger partial charge on any atom is -0.481 e. The first-order chi connectivity index (χ1) is 8.24. The standard InChI is InChI=1S/C11H11N.C3H6O2.ClH/c1-2-6-10(7-3-1)11-8-4-5-9-12-11;1-2-3(4)5;/h1-8,12H,9H2;2H2,1H3,(H,4,5);1H. The van der Waals surface area contributed by atoms with Crippen molar-refractivity contribution in [2.24, 2.45) is 0 Å². The molecule has 18 heavy (non-hydrogen) atoms. The van der Waals surface area contributed by atoms with Crippen LogP contribution in [0, 0.1) is 0 Å². The first kappa shape index (κ1) is 16.3. The molecule has 0 aliphatic carbocycles. The highest BCUT2D eigenvalue weighted by atomic mass is 35.5. The summed E-state index contributed by atoms with van der Waals surface area (Å²) in [6.07, 6.45) is 6.50. The molecule has 2 N–H and O–H groups in total. The van der Waals surface area contributed by atoms with E-state index in [-0.39, 0.29) is 18.8 Å². The van der Waals surface area contributed by atoms with Gasteiger partial charge in [0.15, 0.2) is 0 Å². The van der Waals surface area contributed by atoms with Crippen LogP contribution in [0.5, 0.6) is 0 Å². The Hall–Kier alpha value is -1.74. The van der Waals surface area contributed by atoms with E-state index < -0.39 is 5.97 Å². The first-order valence-corrected chi connectivity index (χ1v) is 5.62. The maximum atomic E-state index is 9.37. The lowest BCUT2D eigenvalue weighted by atomic mass is 10.1. The van der Waals surface area contributed by atoms with E-state index in [4.69, 9.17) is 5.11 Å². The Kier molecular flexibility index (Phi) is 8.41. The van der Waals surface area contributed by atoms with E-state index in [1.807, 2.05) is 6.07 Å². The van der Waals surface area contributed by atoms with Crippen molar-refractivity contribution in [1.82, 2.24) is 5.32 Å². The van der Waals surface area contributed by atoms with Gasteiger partial charge in [-0.3, -0.25) is 4.79 Å². The topological polar surface area (TPSA) is 49.3 Å². The number of carbonyl (C=O) groups is 1. The third kappa shape index (κ3) is 6.11. The van der Waals surface area contributed by atoms with Gasteiger partial charge in [0.05, 0.1) is 0 Å². The van der Waals surface area contributed by atoms with Crippen molar-refractivity contribution in [3.8, 4) is 0 Å². The van der Waals surface area contributed by atoms with Crippen molar-refractivity contribution >= 4 is 24.1 Å². The van der Waals surface area contributed by atoms with E-state index in [0.717, 1.165) is 6.54 Å². The van der Waals surface area contributed by atoms with Crippen LogP contribution in [0.2, 0.25) is 0 Å². The highest BCUT2D eigenvalue weighted by molar-refractivity contribution is 5.85. The molecule has 1 aromatic carbocycles. The number of benzene rings is 1. The Balaban J connectivity index is 0.000000421. The summed E-state index contributed by atoms with van der Waals surface area (Å²) in [5.41, 5.74) is 2.46. The van der Waals surface area contributed by atoms with Gasteiger partial charge < -0.3 is 10.4 Å². The number of hydrogen-bond acceptors (Lipinski definition) is 2. The van der Waals surface area contributed by atoms with Crippen LogP contribution in [0.25, 0.3) is 5.70 Å². The summed E-state index contributed by atoms with van der Waals surface area (Å²) < 4.78 is 0. The van der Waals surface area contributed by atoms with Crippen LogP contribution >= 0.6 is 12.4 Å². The molecule has 3 nitrogen and oxygen atoms in total. The fraction of sp³-hybridized carbons (Fsp3) is 0.214. The monoisotopic (exact) mass is 267 g/mol. The molecule has 0 saturated carbocycles. The van der Waals surface area contributed by atoms with Crippen molar-refractivity contribution in [1.29, 1.82) is 0 Å². The number of halogens is 1. The Bertz CT molecular complexity index is 413. The van der Waals surface area contributed by atoms with E-state index >= 15 is 0 Å². The molecule has 0 bridgehead atoms. The Morgan fingerprint density at radius 3 is 2.39 bits per heavy atom. The van der Waals surface area contributed by atoms with Crippen molar-refractivity contribution in [3.05, 3.63) is 54.1 Å². The SMILES string of the molecule is C1=CCNC(c2ccccc2)=C1.CCC(=O)O.Cl. The zero-order valence-corrected chi connectivity index (χ0v) is 11.1. The molecule has 1 heterocycles. The lowest BCUT2D eigenvalue weighted by molar-refractivity contribution is -0.136. The molecule has 0 aromatic heterocycles. The third-order valence-corrected chi connectivity index (χ3v) is 2.20. The number of aliphatic carboxylic acids is 1. The van der Waals surface area contributed by atoms with E-state index in [1.54, 1.807) is 6.92 Å². The number of carboxylic acids is 1. The van der Waals surface area contributed by atoms with Crippen LogP contribution in [0.3, 0.4) is 0 Å². The van der Waals surface area contributed by atoms with Gasteiger partial charge in [0.1, 0.15) is 0 Å². The van der Waals surface area contributed by atoms with E-state index in [9.17, 15) is 4.79 Å². The number of dihydropyridines is 1. The molecule has 0 amide bonds. The zero-order chi connectivity index (χ0) is 12.5. The molecule has 0 radical (unpaired) electrons. The van der Waals surface area contributed by atoms with Crippen molar-refractivity contribution < 1.29 is 9.90 Å². The highest BCUT2D eigenvalue weighted by Crippen LogP contribution is 2.12. The van der Waals surface area contributed by atoms with Gasteiger partial charge in [-0.25, -0.2) is 0 Å². The maximum Gasteiger partial charge on any atom is 0.303 e. The minimum absolute atomic E-state index is 0. The van der Waals surface area contributed by atoms with Crippen molar-refractivity contribution in [3.63, 3.8) is 0 Å². The van der Waals surface area contributed by atoms with Crippen LogP contribution < -0.4 is 5.32 Å². The summed E-state index contributed by atoms with van der Waals surface area (Å²) >= 11 is 0. The molecular formula is C14H18ClNO2. The van der Waals surface area contributed by atoms with Crippen LogP contribution in [0.15, 0.2) is 48.6 Å². The molecule has 0 atom stereocenters. The molecule has 98 valence electrons. The van der Waals surface area contributed by atoms with Crippen LogP contribution in [0.4, 0.5) is 0 Å². The minimum atomic E-state index is -0.745. The van der Waals surface area contributed by atoms with E-state index in [1.165, 1.54) is 11.3 Å². The Labute approximate surface area is 114 Å². The van der Waals surface area contributed by atoms with E-state index in [2.05, 4.69) is 47.8 Å². The fourth-order valence-corrected chi connectivity index (χ4v) is 1.28. The second kappa shape index (κ2) is 9.31. The summed E-state index contributed by atoms with van der Waals surface area (Å²) in [6, 6.07) is 10.4. The largest absolute Gasteiger partial charge is 0.481 e. The predicted octanol–water partition coefficient (Wildman–Crippen LogP) is 3.09. The smallest absolute Gasteiger partial charge is 0.303 e. The normalized spacial score (nSPS) is 12.2. The molecule has 1 aliphatic rings. The molecule has 1 aromatic rings. The molecule has 2 rings (SSSR count). The quantitative estimate of drug-likeness (QED) is 0.866. The lowest BCUT2D eigenvalue weighted by Gasteiger charge is -2.11. The van der Waals surface area contributed by atoms with Crippen LogP contribution in [-0.2, 0) is 4.79 Å². The second-order valence-electron chi connectivity index (χ2n) is 3.50. The van der Waals surface area contributed by atoms with Gasteiger partial charge in [0.2, 0.25) is 0 Å². The molecule has 0 unspecified atom stereocenters. The Morgan fingerprint density at radius 2 is 1.94 bits per heavy atom. The van der Waals surface area contributed by atoms with Gasteiger partial charge in [-0.05, 0) is 11.6 Å². The molecule has 1 aliphatic heterocycles. The van der Waals surface area contributed by atoms with Crippen molar-refractivity contribution in [2.45, 2.75) is 13.3 Å². The molecule has 4 heteroatoms. The summed E-state index contributed by atoms with van der Waals surface area (Å²) in [6.45, 7) is 2.53. The second-order valence-corrected chi connectivity index (χ2v) is 3.50. The molecule has 0 spiro atoms. The van der Waals surface area contributed by atoms with Gasteiger partial charge in [0, 0.05) is 18.7 Å². The van der Waals surface area contributed by atoms with Crippen LogP contribution in [0.1, 0.15) is 18.9 Å². The summed E-state index contributed by atoms with van der Waals surface area (Å²) in [4.78, 5) is 9.37. The van der Waals surface area contributed by atoms with Gasteiger partial charge in [-0.2, -0.15) is 0 Å². The summed E-state index contributed by atoms with van der Waals surface area (Å²) in [7, 11) is 0. The third-order valence-electron chi connectivity index (χ3n) is 2.20. The number of carboxylic acid groups (broad SMARTS) is 1. The zero-order valence-electron chi connectivity index (χ0n) is 10.3. The summed E-state index contributed by atoms with van der Waals surface area (Å²) in [5, 5.41) is 11.0. The van der Waals surface area contributed by atoms with Gasteiger partial charge in [-0.15, -0.1) is 12.4 Å². The maximum absolute atomic E-state index is 9.37. The highest BCUT2D eigenvalue weighted by Gasteiger charge is 1.99. The molecule has 0 saturated heterocycles. The van der Waals surface area contributed by atoms with E-state index in [0.29, 0.717) is 0 Å². The summed E-state index contributed by atoms with van der Waals surface area (Å²) in [5.74, 6) is -0.745. The van der Waals surface area contributed by atoms with Crippen molar-refractivity contribution in [2.75, 3.05) is 6.54 Å². The Morgan fingerprint density at radius 1 is 1.33 bits per heavy atom. The number of rotatable bonds is 2. The molecule has 0 fully saturated rings. The molecular weight excluding hydrogens is 250 g/mol. The van der Waals surface area contributed by atoms with Gasteiger partial charge in [-0.1, -0.05) is 49.4 Å². The van der Waals surface area contributed by atoms with Gasteiger partial charge in [0.25, 0.3) is 0 Å². The number of hydrogen-bond donors (Lipinski definition) is 2. The predicted molar refractivity (Wildman–Crippen MR) is 76.7 cm³/mol. The first-order valence-electron chi connectivity index (χ1n) is 5.62. The number of allylic oxidation sites excluding steroid dienone is 2.